The topological polar surface area (TPSA) is 28.9 Å². The first kappa shape index (κ1) is 18.2. The van der Waals surface area contributed by atoms with Crippen LogP contribution in [0.2, 0.25) is 0 Å². The van der Waals surface area contributed by atoms with E-state index in [0.29, 0.717) is 6.54 Å². The van der Waals surface area contributed by atoms with Crippen molar-refractivity contribution in [3.8, 4) is 5.75 Å². The lowest BCUT2D eigenvalue weighted by Crippen LogP contribution is -3.13. The summed E-state index contributed by atoms with van der Waals surface area (Å²) >= 11 is 5.54. The van der Waals surface area contributed by atoms with E-state index >= 15 is 0 Å². The van der Waals surface area contributed by atoms with Crippen LogP contribution in [0.5, 0.6) is 5.75 Å². The highest BCUT2D eigenvalue weighted by Crippen LogP contribution is 2.25. The molecule has 4 nitrogen and oxygen atoms in total. The third-order valence-electron chi connectivity index (χ3n) is 5.32. The molecule has 27 heavy (non-hydrogen) atoms. The molecule has 0 atom stereocenters. The number of hydrogen-bond donors (Lipinski definition) is 2. The van der Waals surface area contributed by atoms with Crippen LogP contribution in [0.25, 0.3) is 0 Å². The number of piperazine rings is 1. The monoisotopic (exact) mass is 386 g/mol. The van der Waals surface area contributed by atoms with Gasteiger partial charge in [-0.25, -0.2) is 4.39 Å². The van der Waals surface area contributed by atoms with Gasteiger partial charge >= 0.3 is 0 Å². The van der Waals surface area contributed by atoms with Gasteiger partial charge in [0.1, 0.15) is 18.1 Å². The molecule has 2 aromatic carbocycles. The van der Waals surface area contributed by atoms with Crippen LogP contribution in [-0.2, 0) is 19.5 Å². The second-order valence-electron chi connectivity index (χ2n) is 7.24. The van der Waals surface area contributed by atoms with E-state index in [2.05, 4.69) is 28.4 Å². The van der Waals surface area contributed by atoms with Crippen LogP contribution >= 0.6 is 12.2 Å². The first-order valence-electron chi connectivity index (χ1n) is 9.53. The molecule has 1 fully saturated rings. The quantitative estimate of drug-likeness (QED) is 0.780. The molecule has 2 aromatic rings. The SMILES string of the molecule is Fc1ccc(CNC(=S)N2CC[NH+](Cc3ccc4c(c3)CCO4)CC2)cc1. The molecule has 0 spiro atoms. The molecular formula is C21H25FN3OS+. The molecule has 1 saturated heterocycles. The fraction of sp³-hybridized carbons (Fsp3) is 0.381. The summed E-state index contributed by atoms with van der Waals surface area (Å²) < 4.78 is 18.6. The summed E-state index contributed by atoms with van der Waals surface area (Å²) in [6.07, 6.45) is 1.03. The Morgan fingerprint density at radius 3 is 2.63 bits per heavy atom. The predicted octanol–water partition coefficient (Wildman–Crippen LogP) is 1.54. The van der Waals surface area contributed by atoms with Gasteiger partial charge in [-0.15, -0.1) is 0 Å². The maximum absolute atomic E-state index is 13.0. The van der Waals surface area contributed by atoms with Gasteiger partial charge in [0.15, 0.2) is 5.11 Å². The molecule has 0 radical (unpaired) electrons. The van der Waals surface area contributed by atoms with Crippen molar-refractivity contribution in [3.63, 3.8) is 0 Å². The Morgan fingerprint density at radius 2 is 1.85 bits per heavy atom. The lowest BCUT2D eigenvalue weighted by atomic mass is 10.1. The summed E-state index contributed by atoms with van der Waals surface area (Å²) in [6.45, 7) is 6.56. The van der Waals surface area contributed by atoms with Crippen molar-refractivity contribution in [2.24, 2.45) is 0 Å². The van der Waals surface area contributed by atoms with Gasteiger partial charge in [-0.2, -0.15) is 0 Å². The normalized spacial score (nSPS) is 16.7. The first-order valence-corrected chi connectivity index (χ1v) is 9.93. The first-order chi connectivity index (χ1) is 13.2. The van der Waals surface area contributed by atoms with Gasteiger partial charge in [0.05, 0.1) is 32.8 Å². The van der Waals surface area contributed by atoms with Gasteiger partial charge in [-0.3, -0.25) is 0 Å². The molecule has 2 heterocycles. The lowest BCUT2D eigenvalue weighted by Gasteiger charge is -2.34. The molecule has 0 amide bonds. The third kappa shape index (κ3) is 4.57. The van der Waals surface area contributed by atoms with Crippen LogP contribution < -0.4 is 15.0 Å². The number of quaternary nitrogens is 1. The number of benzene rings is 2. The van der Waals surface area contributed by atoms with E-state index in [4.69, 9.17) is 17.0 Å². The smallest absolute Gasteiger partial charge is 0.169 e. The predicted molar refractivity (Wildman–Crippen MR) is 107 cm³/mol. The van der Waals surface area contributed by atoms with E-state index in [1.54, 1.807) is 17.0 Å². The standard InChI is InChI=1S/C21H24FN3OS/c22-19-4-1-16(2-5-19)14-23-21(27)25-10-8-24(9-11-25)15-17-3-6-20-18(13-17)7-12-26-20/h1-6,13H,7-12,14-15H2,(H,23,27)/p+1. The second-order valence-corrected chi connectivity index (χ2v) is 7.63. The molecular weight excluding hydrogens is 361 g/mol. The van der Waals surface area contributed by atoms with Gasteiger partial charge < -0.3 is 19.9 Å². The van der Waals surface area contributed by atoms with E-state index in [-0.39, 0.29) is 5.82 Å². The maximum Gasteiger partial charge on any atom is 0.169 e. The van der Waals surface area contributed by atoms with Gasteiger partial charge in [-0.05, 0) is 53.7 Å². The number of rotatable bonds is 4. The van der Waals surface area contributed by atoms with Gasteiger partial charge in [0.25, 0.3) is 0 Å². The lowest BCUT2D eigenvalue weighted by molar-refractivity contribution is -0.917. The minimum Gasteiger partial charge on any atom is -0.493 e. The van der Waals surface area contributed by atoms with E-state index in [1.807, 2.05) is 0 Å². The minimum absolute atomic E-state index is 0.212. The van der Waals surface area contributed by atoms with Crippen molar-refractivity contribution < 1.29 is 14.0 Å². The van der Waals surface area contributed by atoms with Crippen molar-refractivity contribution in [2.75, 3.05) is 32.8 Å². The number of nitrogens with one attached hydrogen (secondary N) is 2. The maximum atomic E-state index is 13.0. The molecule has 0 aromatic heterocycles. The number of ether oxygens (including phenoxy) is 1. The third-order valence-corrected chi connectivity index (χ3v) is 5.73. The van der Waals surface area contributed by atoms with Crippen LogP contribution in [0, 0.1) is 5.82 Å². The van der Waals surface area contributed by atoms with Crippen LogP contribution in [0.4, 0.5) is 4.39 Å². The van der Waals surface area contributed by atoms with Crippen LogP contribution in [-0.4, -0.2) is 42.8 Å². The zero-order valence-electron chi connectivity index (χ0n) is 15.3. The number of thiocarbonyl (C=S) groups is 1. The second kappa shape index (κ2) is 8.23. The summed E-state index contributed by atoms with van der Waals surface area (Å²) in [5.74, 6) is 0.840. The largest absolute Gasteiger partial charge is 0.493 e. The van der Waals surface area contributed by atoms with E-state index < -0.39 is 0 Å². The van der Waals surface area contributed by atoms with E-state index in [1.165, 1.54) is 23.3 Å². The molecule has 0 saturated carbocycles. The molecule has 142 valence electrons. The highest BCUT2D eigenvalue weighted by molar-refractivity contribution is 7.80. The van der Waals surface area contributed by atoms with Gasteiger partial charge in [-0.1, -0.05) is 12.1 Å². The van der Waals surface area contributed by atoms with Crippen LogP contribution in [0.1, 0.15) is 16.7 Å². The van der Waals surface area contributed by atoms with Gasteiger partial charge in [0.2, 0.25) is 0 Å². The zero-order valence-corrected chi connectivity index (χ0v) is 16.2. The van der Waals surface area contributed by atoms with Gasteiger partial charge in [0, 0.05) is 18.5 Å². The number of fused-ring (bicyclic) bond motifs is 1. The van der Waals surface area contributed by atoms with Crippen molar-refractivity contribution in [1.82, 2.24) is 10.2 Å². The van der Waals surface area contributed by atoms with Crippen LogP contribution in [0.15, 0.2) is 42.5 Å². The Labute approximate surface area is 164 Å². The Balaban J connectivity index is 1.23. The van der Waals surface area contributed by atoms with E-state index in [9.17, 15) is 4.39 Å². The molecule has 0 unspecified atom stereocenters. The fourth-order valence-corrected chi connectivity index (χ4v) is 3.99. The molecule has 2 N–H and O–H groups in total. The summed E-state index contributed by atoms with van der Waals surface area (Å²) in [5.41, 5.74) is 3.76. The average molecular weight is 387 g/mol. The highest BCUT2D eigenvalue weighted by atomic mass is 32.1. The summed E-state index contributed by atoms with van der Waals surface area (Å²) in [7, 11) is 0. The molecule has 4 rings (SSSR count). The van der Waals surface area contributed by atoms with E-state index in [0.717, 1.165) is 62.2 Å². The van der Waals surface area contributed by atoms with Crippen molar-refractivity contribution >= 4 is 17.3 Å². The molecule has 6 heteroatoms. The van der Waals surface area contributed by atoms with Crippen molar-refractivity contribution in [3.05, 3.63) is 65.0 Å². The molecule has 0 aliphatic carbocycles. The zero-order chi connectivity index (χ0) is 18.6. The summed E-state index contributed by atoms with van der Waals surface area (Å²) in [6, 6.07) is 13.1. The Hall–Kier alpha value is -2.18. The Kier molecular flexibility index (Phi) is 5.55. The van der Waals surface area contributed by atoms with Crippen molar-refractivity contribution in [2.45, 2.75) is 19.5 Å². The number of halogens is 1. The minimum atomic E-state index is -0.212. The molecule has 0 bridgehead atoms. The summed E-state index contributed by atoms with van der Waals surface area (Å²) in [4.78, 5) is 3.82. The Morgan fingerprint density at radius 1 is 1.11 bits per heavy atom. The highest BCUT2D eigenvalue weighted by Gasteiger charge is 2.22. The van der Waals surface area contributed by atoms with Crippen molar-refractivity contribution in [1.29, 1.82) is 0 Å². The molecule has 2 aliphatic heterocycles. The number of hydrogen-bond acceptors (Lipinski definition) is 2. The average Bonchev–Trinajstić information content (AvgIpc) is 3.16. The number of nitrogens with zero attached hydrogens (tertiary/aromatic N) is 1. The summed E-state index contributed by atoms with van der Waals surface area (Å²) in [5, 5.41) is 4.08. The van der Waals surface area contributed by atoms with Crippen LogP contribution in [0.3, 0.4) is 0 Å². The fourth-order valence-electron chi connectivity index (χ4n) is 3.73. The Bertz CT molecular complexity index is 804. The molecule has 2 aliphatic rings.